The molecule has 0 amide bonds. The van der Waals surface area contributed by atoms with Crippen LogP contribution in [0.15, 0.2) is 24.3 Å². The molecule has 2 unspecified atom stereocenters. The number of unbranched alkanes of at least 4 members (excludes halogenated alkanes) is 2. The largest absolute Gasteiger partial charge is 0.180 e. The number of hydrogen-bond acceptors (Lipinski definition) is 0. The quantitative estimate of drug-likeness (QED) is 0.114. The first kappa shape index (κ1) is 54.4. The summed E-state index contributed by atoms with van der Waals surface area (Å²) >= 11 is 0. The van der Waals surface area contributed by atoms with Crippen molar-refractivity contribution in [2.45, 2.75) is 79.6 Å². The van der Waals surface area contributed by atoms with E-state index in [0.29, 0.717) is 0 Å². The van der Waals surface area contributed by atoms with E-state index in [1.54, 1.807) is 0 Å². The first-order valence-corrected chi connectivity index (χ1v) is 14.9. The van der Waals surface area contributed by atoms with Gasteiger partial charge in [-0.1, -0.05) is 73.1 Å². The fraction of sp³-hybridized carbons (Fsp3) is 0.571. The minimum atomic E-state index is 0. The molecule has 0 nitrogen and oxygen atoms in total. The summed E-state index contributed by atoms with van der Waals surface area (Å²) < 4.78 is 0. The van der Waals surface area contributed by atoms with Gasteiger partial charge in [0.15, 0.2) is 0 Å². The molecule has 0 fully saturated rings. The maximum atomic E-state index is 3.30. The molecular formula is C28H44P2Y6-2. The summed E-state index contributed by atoms with van der Waals surface area (Å²) in [4.78, 5) is 0. The number of aryl methyl sites for hydroxylation is 6. The summed E-state index contributed by atoms with van der Waals surface area (Å²) in [6.45, 7) is 13.2. The Labute approximate surface area is 379 Å². The van der Waals surface area contributed by atoms with Crippen molar-refractivity contribution >= 4 is 17.2 Å². The SMILES string of the molecule is CCCPCCCc1c[c-]c(C)cc1C.CPCCCCCc1c[c-]c(C)cc1C.[Y].[Y].[Y].[Y].[Y].[Y]. The number of hydrogen-bond donors (Lipinski definition) is 0. The standard InChI is InChI=1S/2C14H22P.6Y/c1-12-8-9-14(13(2)11-12)7-5-4-6-10-15-3;1-4-9-15-10-5-6-14-8-7-12(2)11-13(14)3;;;;;;/h9,11,15H,4-7,10H2,1-3H3;8,11,15H,4-6,9-10H2,1-3H3;;;;;;/q2*-1;;;;;;. The van der Waals surface area contributed by atoms with Crippen LogP contribution in [0.2, 0.25) is 0 Å². The van der Waals surface area contributed by atoms with Crippen LogP contribution >= 0.6 is 17.2 Å². The molecule has 0 saturated heterocycles. The van der Waals surface area contributed by atoms with Crippen molar-refractivity contribution in [1.29, 1.82) is 0 Å². The Morgan fingerprint density at radius 1 is 0.611 bits per heavy atom. The van der Waals surface area contributed by atoms with Gasteiger partial charge in [0.05, 0.1) is 0 Å². The third-order valence-corrected chi connectivity index (χ3v) is 7.84. The van der Waals surface area contributed by atoms with Crippen LogP contribution in [-0.2, 0) is 209 Å². The Kier molecular flexibility index (Phi) is 56.1. The van der Waals surface area contributed by atoms with Crippen molar-refractivity contribution in [2.24, 2.45) is 0 Å². The van der Waals surface area contributed by atoms with E-state index < -0.39 is 0 Å². The van der Waals surface area contributed by atoms with E-state index in [0.717, 1.165) is 8.58 Å². The zero-order chi connectivity index (χ0) is 22.2. The molecule has 0 spiro atoms. The van der Waals surface area contributed by atoms with Gasteiger partial charge in [-0.15, -0.1) is 17.2 Å². The summed E-state index contributed by atoms with van der Waals surface area (Å²) in [7, 11) is 2.29. The Hall–Kier alpha value is 5.92. The minimum absolute atomic E-state index is 0. The summed E-state index contributed by atoms with van der Waals surface area (Å²) in [6, 6.07) is 15.4. The van der Waals surface area contributed by atoms with Gasteiger partial charge in [0.1, 0.15) is 0 Å². The maximum absolute atomic E-state index is 3.30. The molecule has 0 saturated carbocycles. The fourth-order valence-electron chi connectivity index (χ4n) is 3.59. The normalized spacial score (nSPS) is 9.50. The molecule has 0 N–H and O–H groups in total. The molecule has 0 aromatic heterocycles. The number of rotatable bonds is 12. The molecule has 0 aliphatic heterocycles. The maximum Gasteiger partial charge on any atom is 0 e. The molecule has 6 radical (unpaired) electrons. The van der Waals surface area contributed by atoms with Crippen molar-refractivity contribution in [1.82, 2.24) is 0 Å². The molecule has 2 rings (SSSR count). The van der Waals surface area contributed by atoms with Crippen molar-refractivity contribution in [3.63, 3.8) is 0 Å². The monoisotopic (exact) mass is 976 g/mol. The van der Waals surface area contributed by atoms with Gasteiger partial charge < -0.3 is 0 Å². The van der Waals surface area contributed by atoms with Crippen molar-refractivity contribution < 1.29 is 196 Å². The molecule has 0 aliphatic rings. The third-order valence-electron chi connectivity index (χ3n) is 5.43. The van der Waals surface area contributed by atoms with E-state index in [-0.39, 0.29) is 196 Å². The second-order valence-electron chi connectivity index (χ2n) is 8.42. The minimum Gasteiger partial charge on any atom is -0.180 e. The molecule has 0 bridgehead atoms. The zero-order valence-electron chi connectivity index (χ0n) is 23.8. The van der Waals surface area contributed by atoms with Gasteiger partial charge in [-0.25, -0.2) is 0 Å². The van der Waals surface area contributed by atoms with Gasteiger partial charge in [-0.3, -0.25) is 0 Å². The van der Waals surface area contributed by atoms with Crippen LogP contribution in [0.5, 0.6) is 0 Å². The van der Waals surface area contributed by atoms with E-state index >= 15 is 0 Å². The molecular weight excluding hydrogens is 932 g/mol. The zero-order valence-corrected chi connectivity index (χ0v) is 42.9. The molecule has 36 heavy (non-hydrogen) atoms. The first-order valence-electron chi connectivity index (χ1n) is 11.8. The topological polar surface area (TPSA) is 0 Å². The van der Waals surface area contributed by atoms with E-state index in [4.69, 9.17) is 0 Å². The van der Waals surface area contributed by atoms with E-state index in [1.165, 1.54) is 105 Å². The van der Waals surface area contributed by atoms with Crippen molar-refractivity contribution in [3.05, 3.63) is 69.8 Å². The average molecular weight is 976 g/mol. The number of benzene rings is 2. The Morgan fingerprint density at radius 3 is 1.50 bits per heavy atom. The summed E-state index contributed by atoms with van der Waals surface area (Å²) in [5.41, 5.74) is 8.35. The second kappa shape index (κ2) is 37.1. The van der Waals surface area contributed by atoms with Gasteiger partial charge in [0.25, 0.3) is 0 Å². The van der Waals surface area contributed by atoms with Crippen LogP contribution in [0.4, 0.5) is 0 Å². The molecule has 186 valence electrons. The molecule has 0 heterocycles. The van der Waals surface area contributed by atoms with Gasteiger partial charge in [0, 0.05) is 196 Å². The fourth-order valence-corrected chi connectivity index (χ4v) is 5.22. The second-order valence-corrected chi connectivity index (χ2v) is 11.1. The van der Waals surface area contributed by atoms with Gasteiger partial charge in [-0.05, 0) is 31.6 Å². The molecule has 0 aliphatic carbocycles. The Balaban J connectivity index is -0.000000107. The molecule has 2 aromatic carbocycles. The predicted octanol–water partition coefficient (Wildman–Crippen LogP) is 8.23. The third kappa shape index (κ3) is 28.7. The van der Waals surface area contributed by atoms with E-state index in [9.17, 15) is 0 Å². The summed E-state index contributed by atoms with van der Waals surface area (Å²) in [5, 5.41) is 0. The van der Waals surface area contributed by atoms with Gasteiger partial charge in [-0.2, -0.15) is 69.8 Å². The molecule has 2 atom stereocenters. The van der Waals surface area contributed by atoms with Crippen molar-refractivity contribution in [3.8, 4) is 0 Å². The van der Waals surface area contributed by atoms with Crippen LogP contribution in [0.25, 0.3) is 0 Å². The van der Waals surface area contributed by atoms with Gasteiger partial charge in [0.2, 0.25) is 0 Å². The van der Waals surface area contributed by atoms with Crippen LogP contribution in [-0.4, -0.2) is 25.2 Å². The predicted molar refractivity (Wildman–Crippen MR) is 143 cm³/mol. The molecule has 2 aromatic rings. The van der Waals surface area contributed by atoms with Crippen LogP contribution in [0.3, 0.4) is 0 Å². The Morgan fingerprint density at radius 2 is 1.08 bits per heavy atom. The summed E-state index contributed by atoms with van der Waals surface area (Å²) in [5.74, 6) is 0. The van der Waals surface area contributed by atoms with Crippen LogP contribution in [0, 0.1) is 39.8 Å². The van der Waals surface area contributed by atoms with Crippen molar-refractivity contribution in [2.75, 3.05) is 25.2 Å². The van der Waals surface area contributed by atoms with E-state index in [1.807, 2.05) is 0 Å². The Bertz CT molecular complexity index is 668. The van der Waals surface area contributed by atoms with Crippen LogP contribution in [0.1, 0.15) is 72.4 Å². The van der Waals surface area contributed by atoms with Gasteiger partial charge >= 0.3 is 0 Å². The van der Waals surface area contributed by atoms with Crippen LogP contribution < -0.4 is 0 Å². The van der Waals surface area contributed by atoms with E-state index in [2.05, 4.69) is 77.7 Å². The summed E-state index contributed by atoms with van der Waals surface area (Å²) in [6.07, 6.45) is 13.5. The average Bonchev–Trinajstić information content (AvgIpc) is 2.71. The smallest absolute Gasteiger partial charge is 0 e. The first-order chi connectivity index (χ1) is 14.5. The molecule has 8 heteroatoms.